The molecule has 0 atom stereocenters. The van der Waals surface area contributed by atoms with Crippen molar-refractivity contribution in [2.45, 2.75) is 19.3 Å². The molecule has 0 spiro atoms. The Bertz CT molecular complexity index is 850. The predicted octanol–water partition coefficient (Wildman–Crippen LogP) is 6.08. The molecule has 0 amide bonds. The molecule has 1 aromatic heterocycles. The van der Waals surface area contributed by atoms with Crippen LogP contribution in [-0.2, 0) is 0 Å². The van der Waals surface area contributed by atoms with E-state index in [4.69, 9.17) is 4.42 Å². The van der Waals surface area contributed by atoms with E-state index in [9.17, 15) is 0 Å². The predicted molar refractivity (Wildman–Crippen MR) is 92.5 cm³/mol. The van der Waals surface area contributed by atoms with Crippen LogP contribution in [0.2, 0.25) is 0 Å². The van der Waals surface area contributed by atoms with Crippen LogP contribution in [0.1, 0.15) is 30.4 Å². The number of fused-ring (bicyclic) bond motifs is 1. The lowest BCUT2D eigenvalue weighted by atomic mass is 9.87. The molecule has 0 N–H and O–H groups in total. The highest BCUT2D eigenvalue weighted by molar-refractivity contribution is 5.97. The number of furan rings is 1. The first-order chi connectivity index (χ1) is 10.9. The Balaban J connectivity index is 1.82. The Labute approximate surface area is 130 Å². The van der Waals surface area contributed by atoms with Crippen molar-refractivity contribution in [3.8, 4) is 0 Å². The maximum Gasteiger partial charge on any atom is 0.134 e. The van der Waals surface area contributed by atoms with E-state index < -0.39 is 0 Å². The summed E-state index contributed by atoms with van der Waals surface area (Å²) in [5, 5.41) is 1.20. The monoisotopic (exact) mass is 286 g/mol. The zero-order valence-corrected chi connectivity index (χ0v) is 12.5. The van der Waals surface area contributed by atoms with Gasteiger partial charge in [-0.25, -0.2) is 0 Å². The van der Waals surface area contributed by atoms with Crippen molar-refractivity contribution < 1.29 is 4.42 Å². The quantitative estimate of drug-likeness (QED) is 0.556. The van der Waals surface area contributed by atoms with Gasteiger partial charge in [0.25, 0.3) is 0 Å². The molecule has 4 rings (SSSR count). The van der Waals surface area contributed by atoms with Crippen LogP contribution < -0.4 is 0 Å². The van der Waals surface area contributed by atoms with E-state index in [2.05, 4.69) is 54.6 Å². The van der Waals surface area contributed by atoms with Gasteiger partial charge in [-0.2, -0.15) is 0 Å². The second kappa shape index (κ2) is 5.69. The molecule has 3 aromatic rings. The van der Waals surface area contributed by atoms with Gasteiger partial charge in [-0.1, -0.05) is 60.7 Å². The highest BCUT2D eigenvalue weighted by atomic mass is 16.3. The second-order valence-electron chi connectivity index (χ2n) is 5.74. The summed E-state index contributed by atoms with van der Waals surface area (Å²) in [6, 6.07) is 18.8. The van der Waals surface area contributed by atoms with Crippen molar-refractivity contribution in [3.63, 3.8) is 0 Å². The van der Waals surface area contributed by atoms with Crippen LogP contribution >= 0.6 is 0 Å². The minimum Gasteiger partial charge on any atom is -0.464 e. The zero-order chi connectivity index (χ0) is 14.8. The smallest absolute Gasteiger partial charge is 0.134 e. The van der Waals surface area contributed by atoms with Gasteiger partial charge < -0.3 is 4.42 Å². The molecule has 0 saturated carbocycles. The fourth-order valence-electron chi connectivity index (χ4n) is 3.17. The molecule has 0 saturated heterocycles. The summed E-state index contributed by atoms with van der Waals surface area (Å²) in [4.78, 5) is 0. The summed E-state index contributed by atoms with van der Waals surface area (Å²) in [6.07, 6.45) is 10.1. The molecule has 1 nitrogen and oxygen atoms in total. The maximum absolute atomic E-state index is 5.73. The van der Waals surface area contributed by atoms with E-state index in [0.29, 0.717) is 0 Å². The van der Waals surface area contributed by atoms with Crippen molar-refractivity contribution in [2.75, 3.05) is 0 Å². The number of rotatable bonds is 2. The second-order valence-corrected chi connectivity index (χ2v) is 5.74. The average molecular weight is 286 g/mol. The minimum atomic E-state index is 0.961. The lowest BCUT2D eigenvalue weighted by Crippen LogP contribution is -1.96. The fourth-order valence-corrected chi connectivity index (χ4v) is 3.17. The first kappa shape index (κ1) is 13.1. The lowest BCUT2D eigenvalue weighted by molar-refractivity contribution is 0.614. The highest BCUT2D eigenvalue weighted by Gasteiger charge is 2.16. The molecule has 2 aromatic carbocycles. The number of benzene rings is 2. The van der Waals surface area contributed by atoms with E-state index in [-0.39, 0.29) is 0 Å². The normalized spacial score (nSPS) is 16.9. The molecular weight excluding hydrogens is 268 g/mol. The first-order valence-corrected chi connectivity index (χ1v) is 7.84. The van der Waals surface area contributed by atoms with E-state index in [0.717, 1.165) is 18.4 Å². The third-order valence-electron chi connectivity index (χ3n) is 4.26. The zero-order valence-electron chi connectivity index (χ0n) is 12.5. The van der Waals surface area contributed by atoms with E-state index >= 15 is 0 Å². The van der Waals surface area contributed by atoms with Crippen molar-refractivity contribution in [1.29, 1.82) is 0 Å². The Morgan fingerprint density at radius 3 is 2.64 bits per heavy atom. The van der Waals surface area contributed by atoms with Gasteiger partial charge in [-0.05, 0) is 42.0 Å². The van der Waals surface area contributed by atoms with Gasteiger partial charge >= 0.3 is 0 Å². The third kappa shape index (κ3) is 2.39. The van der Waals surface area contributed by atoms with Crippen LogP contribution in [0.25, 0.3) is 22.6 Å². The number of allylic oxidation sites excluding steroid dienone is 3. The Kier molecular flexibility index (Phi) is 3.40. The van der Waals surface area contributed by atoms with Gasteiger partial charge in [0.2, 0.25) is 0 Å². The standard InChI is InChI=1S/C21H18O/c1-2-8-16(9-3-1)14-17-10-4-5-11-18(17)20-15-22-21-13-7-6-12-19(20)21/h1-3,6-9,11-15H,4-5,10H2/b17-14+. The molecule has 1 aliphatic rings. The Morgan fingerprint density at radius 1 is 0.909 bits per heavy atom. The Hall–Kier alpha value is -2.54. The highest BCUT2D eigenvalue weighted by Crippen LogP contribution is 2.37. The van der Waals surface area contributed by atoms with Crippen LogP contribution in [0.15, 0.2) is 76.9 Å². The van der Waals surface area contributed by atoms with Gasteiger partial charge in [0.1, 0.15) is 5.58 Å². The molecule has 0 fully saturated rings. The molecule has 22 heavy (non-hydrogen) atoms. The van der Waals surface area contributed by atoms with Crippen LogP contribution in [0, 0.1) is 0 Å². The Morgan fingerprint density at radius 2 is 1.73 bits per heavy atom. The fraction of sp³-hybridized carbons (Fsp3) is 0.143. The van der Waals surface area contributed by atoms with Crippen LogP contribution in [0.3, 0.4) is 0 Å². The molecule has 0 aliphatic heterocycles. The maximum atomic E-state index is 5.73. The summed E-state index contributed by atoms with van der Waals surface area (Å²) in [5.41, 5.74) is 6.18. The van der Waals surface area contributed by atoms with E-state index in [1.807, 2.05) is 18.4 Å². The molecular formula is C21H18O. The molecule has 1 heteroatoms. The van der Waals surface area contributed by atoms with Gasteiger partial charge in [0.15, 0.2) is 0 Å². The minimum absolute atomic E-state index is 0.961. The average Bonchev–Trinajstić information content (AvgIpc) is 3.00. The third-order valence-corrected chi connectivity index (χ3v) is 4.26. The summed E-state index contributed by atoms with van der Waals surface area (Å²) in [6.45, 7) is 0. The molecule has 1 aliphatic carbocycles. The molecule has 0 radical (unpaired) electrons. The first-order valence-electron chi connectivity index (χ1n) is 7.84. The number of hydrogen-bond donors (Lipinski definition) is 0. The number of para-hydroxylation sites is 1. The van der Waals surface area contributed by atoms with Crippen molar-refractivity contribution in [2.24, 2.45) is 0 Å². The largest absolute Gasteiger partial charge is 0.464 e. The van der Waals surface area contributed by atoms with Crippen LogP contribution in [-0.4, -0.2) is 0 Å². The van der Waals surface area contributed by atoms with Crippen molar-refractivity contribution >= 4 is 22.6 Å². The summed E-state index contributed by atoms with van der Waals surface area (Å²) in [7, 11) is 0. The molecule has 0 unspecified atom stereocenters. The van der Waals surface area contributed by atoms with Crippen LogP contribution in [0.5, 0.6) is 0 Å². The summed E-state index contributed by atoms with van der Waals surface area (Å²) >= 11 is 0. The van der Waals surface area contributed by atoms with Crippen LogP contribution in [0.4, 0.5) is 0 Å². The summed E-state index contributed by atoms with van der Waals surface area (Å²) < 4.78 is 5.73. The molecule has 0 bridgehead atoms. The topological polar surface area (TPSA) is 13.1 Å². The summed E-state index contributed by atoms with van der Waals surface area (Å²) in [5.74, 6) is 0. The van der Waals surface area contributed by atoms with Crippen molar-refractivity contribution in [1.82, 2.24) is 0 Å². The molecule has 108 valence electrons. The lowest BCUT2D eigenvalue weighted by Gasteiger charge is -2.16. The molecule has 1 heterocycles. The SMILES string of the molecule is C1=C(c2coc3ccccc23)/C(=C/c2ccccc2)CCC1. The van der Waals surface area contributed by atoms with Crippen molar-refractivity contribution in [3.05, 3.63) is 83.6 Å². The van der Waals surface area contributed by atoms with Gasteiger partial charge in [-0.15, -0.1) is 0 Å². The van der Waals surface area contributed by atoms with Gasteiger partial charge in [-0.3, -0.25) is 0 Å². The van der Waals surface area contributed by atoms with E-state index in [1.54, 1.807) is 0 Å². The number of hydrogen-bond acceptors (Lipinski definition) is 1. The van der Waals surface area contributed by atoms with Gasteiger partial charge in [0, 0.05) is 10.9 Å². The van der Waals surface area contributed by atoms with E-state index in [1.165, 1.54) is 34.1 Å². The van der Waals surface area contributed by atoms with Gasteiger partial charge in [0.05, 0.1) is 6.26 Å².